The predicted molar refractivity (Wildman–Crippen MR) is 128 cm³/mol. The summed E-state index contributed by atoms with van der Waals surface area (Å²) in [6, 6.07) is 14.4. The summed E-state index contributed by atoms with van der Waals surface area (Å²) in [5.41, 5.74) is 4.15. The van der Waals surface area contributed by atoms with Crippen molar-refractivity contribution in [1.29, 1.82) is 0 Å². The van der Waals surface area contributed by atoms with Crippen LogP contribution in [0.4, 0.5) is 29.0 Å². The highest BCUT2D eigenvalue weighted by Gasteiger charge is 2.16. The van der Waals surface area contributed by atoms with Gasteiger partial charge in [-0.3, -0.25) is 4.79 Å². The van der Waals surface area contributed by atoms with Gasteiger partial charge in [-0.25, -0.2) is 4.79 Å². The van der Waals surface area contributed by atoms with Gasteiger partial charge in [-0.05, 0) is 55.7 Å². The van der Waals surface area contributed by atoms with E-state index in [1.54, 1.807) is 28.9 Å². The molecule has 1 aliphatic heterocycles. The van der Waals surface area contributed by atoms with Gasteiger partial charge in [-0.2, -0.15) is 19.6 Å². The molecular weight excluding hydrogens is 434 g/mol. The molecule has 0 unspecified atom stereocenters. The van der Waals surface area contributed by atoms with Crippen LogP contribution in [-0.4, -0.2) is 38.6 Å². The molecular formula is C24H23N7O3. The smallest absolute Gasteiger partial charge is 0.337 e. The number of benzene rings is 2. The van der Waals surface area contributed by atoms with E-state index >= 15 is 0 Å². The number of fused-ring (bicyclic) bond motifs is 3. The Morgan fingerprint density at radius 2 is 1.82 bits per heavy atom. The molecule has 2 aromatic carbocycles. The minimum absolute atomic E-state index is 0.00944. The molecule has 0 fully saturated rings. The maximum Gasteiger partial charge on any atom is 0.337 e. The second kappa shape index (κ2) is 9.18. The number of nitrogens with zero attached hydrogens (tertiary/aromatic N) is 4. The average molecular weight is 457 g/mol. The van der Waals surface area contributed by atoms with E-state index in [9.17, 15) is 9.59 Å². The van der Waals surface area contributed by atoms with Crippen molar-refractivity contribution >= 4 is 46.5 Å². The molecule has 0 atom stereocenters. The van der Waals surface area contributed by atoms with Crippen molar-refractivity contribution in [3.63, 3.8) is 0 Å². The van der Waals surface area contributed by atoms with Gasteiger partial charge in [-0.15, -0.1) is 0 Å². The van der Waals surface area contributed by atoms with Crippen molar-refractivity contribution < 1.29 is 14.3 Å². The number of hydrogen-bond acceptors (Lipinski definition) is 8. The van der Waals surface area contributed by atoms with Crippen LogP contribution in [0.1, 0.15) is 35.2 Å². The van der Waals surface area contributed by atoms with Gasteiger partial charge < -0.3 is 20.7 Å². The van der Waals surface area contributed by atoms with E-state index in [0.29, 0.717) is 40.9 Å². The molecule has 3 heterocycles. The monoisotopic (exact) mass is 457 g/mol. The standard InChI is InChI=1S/C24H23N7O3/c1-34-22(33)15-7-4-8-17(12-15)28-24-30-23-27-19-10-5-9-18(13-19)26-20(32)11-3-2-6-16-14-25-31(24)21(16)29-23/h4-5,7-10,12-14H,2-3,6,11H2,1H3,(H,26,32)(H2,27,28,29,30). The summed E-state index contributed by atoms with van der Waals surface area (Å²) < 4.78 is 6.46. The van der Waals surface area contributed by atoms with Crippen molar-refractivity contribution in [1.82, 2.24) is 19.6 Å². The first-order valence-electron chi connectivity index (χ1n) is 11.0. The Kier molecular flexibility index (Phi) is 5.77. The minimum Gasteiger partial charge on any atom is -0.465 e. The van der Waals surface area contributed by atoms with Crippen LogP contribution in [0.2, 0.25) is 0 Å². The Labute approximate surface area is 195 Å². The molecule has 4 bridgehead atoms. The highest BCUT2D eigenvalue weighted by molar-refractivity contribution is 5.91. The zero-order valence-corrected chi connectivity index (χ0v) is 18.5. The van der Waals surface area contributed by atoms with Crippen LogP contribution in [0.3, 0.4) is 0 Å². The number of methoxy groups -OCH3 is 1. The van der Waals surface area contributed by atoms with Crippen LogP contribution in [0.5, 0.6) is 0 Å². The topological polar surface area (TPSA) is 123 Å². The molecule has 172 valence electrons. The van der Waals surface area contributed by atoms with Crippen LogP contribution >= 0.6 is 0 Å². The molecule has 0 radical (unpaired) electrons. The summed E-state index contributed by atoms with van der Waals surface area (Å²) >= 11 is 0. The van der Waals surface area contributed by atoms with E-state index in [1.807, 2.05) is 30.3 Å². The minimum atomic E-state index is -0.423. The molecule has 0 saturated heterocycles. The lowest BCUT2D eigenvalue weighted by Gasteiger charge is -2.13. The lowest BCUT2D eigenvalue weighted by molar-refractivity contribution is -0.116. The Morgan fingerprint density at radius 3 is 2.68 bits per heavy atom. The van der Waals surface area contributed by atoms with Gasteiger partial charge in [0.25, 0.3) is 0 Å². The van der Waals surface area contributed by atoms with E-state index in [1.165, 1.54) is 7.11 Å². The van der Waals surface area contributed by atoms with Crippen LogP contribution < -0.4 is 16.0 Å². The largest absolute Gasteiger partial charge is 0.465 e. The van der Waals surface area contributed by atoms with Crippen LogP contribution in [0, 0.1) is 0 Å². The highest BCUT2D eigenvalue weighted by Crippen LogP contribution is 2.25. The summed E-state index contributed by atoms with van der Waals surface area (Å²) in [7, 11) is 1.35. The van der Waals surface area contributed by atoms with Crippen molar-refractivity contribution in [3.05, 3.63) is 65.9 Å². The zero-order valence-electron chi connectivity index (χ0n) is 18.5. The van der Waals surface area contributed by atoms with E-state index in [2.05, 4.69) is 26.0 Å². The maximum absolute atomic E-state index is 12.3. The molecule has 10 nitrogen and oxygen atoms in total. The lowest BCUT2D eigenvalue weighted by atomic mass is 10.1. The number of nitrogens with one attached hydrogen (secondary N) is 3. The summed E-state index contributed by atoms with van der Waals surface area (Å²) in [6.45, 7) is 0. The summed E-state index contributed by atoms with van der Waals surface area (Å²) in [4.78, 5) is 33.5. The number of hydrogen-bond donors (Lipinski definition) is 3. The van der Waals surface area contributed by atoms with E-state index in [-0.39, 0.29) is 5.91 Å². The Hall–Kier alpha value is -4.47. The van der Waals surface area contributed by atoms with Crippen molar-refractivity contribution in [2.75, 3.05) is 23.1 Å². The molecule has 0 aliphatic carbocycles. The molecule has 0 spiro atoms. The first-order valence-corrected chi connectivity index (χ1v) is 11.0. The first kappa shape index (κ1) is 21.4. The fourth-order valence-electron chi connectivity index (χ4n) is 3.84. The van der Waals surface area contributed by atoms with Crippen LogP contribution in [0.25, 0.3) is 5.65 Å². The molecule has 1 aliphatic rings. The Bertz CT molecular complexity index is 1380. The third kappa shape index (κ3) is 4.51. The van der Waals surface area contributed by atoms with Gasteiger partial charge in [-0.1, -0.05) is 12.1 Å². The molecule has 0 saturated carbocycles. The maximum atomic E-state index is 12.3. The second-order valence-electron chi connectivity index (χ2n) is 7.93. The molecule has 10 heteroatoms. The first-order chi connectivity index (χ1) is 16.6. The Balaban J connectivity index is 1.56. The van der Waals surface area contributed by atoms with Gasteiger partial charge in [0.05, 0.1) is 18.9 Å². The normalized spacial score (nSPS) is 13.6. The van der Waals surface area contributed by atoms with Crippen LogP contribution in [0.15, 0.2) is 54.7 Å². The third-order valence-electron chi connectivity index (χ3n) is 5.48. The van der Waals surface area contributed by atoms with Gasteiger partial charge in [0.15, 0.2) is 5.65 Å². The Morgan fingerprint density at radius 1 is 1.03 bits per heavy atom. The number of amides is 1. The third-order valence-corrected chi connectivity index (χ3v) is 5.48. The van der Waals surface area contributed by atoms with Gasteiger partial charge in [0.1, 0.15) is 0 Å². The van der Waals surface area contributed by atoms with Crippen molar-refractivity contribution in [2.24, 2.45) is 0 Å². The van der Waals surface area contributed by atoms with Gasteiger partial charge >= 0.3 is 5.97 Å². The number of carbonyl (C=O) groups is 2. The number of aromatic nitrogens is 4. The van der Waals surface area contributed by atoms with Crippen molar-refractivity contribution in [3.8, 4) is 0 Å². The lowest BCUT2D eigenvalue weighted by Crippen LogP contribution is -2.12. The highest BCUT2D eigenvalue weighted by atomic mass is 16.5. The van der Waals surface area contributed by atoms with Gasteiger partial charge in [0.2, 0.25) is 17.8 Å². The fourth-order valence-corrected chi connectivity index (χ4v) is 3.84. The number of carbonyl (C=O) groups excluding carboxylic acids is 2. The number of rotatable bonds is 3. The summed E-state index contributed by atoms with van der Waals surface area (Å²) in [5, 5.41) is 13.9. The molecule has 4 aromatic rings. The molecule has 34 heavy (non-hydrogen) atoms. The van der Waals surface area contributed by atoms with E-state index in [4.69, 9.17) is 9.72 Å². The fraction of sp³-hybridized carbons (Fsp3) is 0.208. The molecule has 2 aromatic heterocycles. The molecule has 1 amide bonds. The number of aryl methyl sites for hydroxylation is 1. The summed E-state index contributed by atoms with van der Waals surface area (Å²) in [5.74, 6) is 0.386. The quantitative estimate of drug-likeness (QED) is 0.394. The second-order valence-corrected chi connectivity index (χ2v) is 7.93. The average Bonchev–Trinajstić information content (AvgIpc) is 3.24. The summed E-state index contributed by atoms with van der Waals surface area (Å²) in [6.07, 6.45) is 4.53. The predicted octanol–water partition coefficient (Wildman–Crippen LogP) is 4.06. The zero-order chi connectivity index (χ0) is 23.5. The van der Waals surface area contributed by atoms with Gasteiger partial charge in [0, 0.05) is 29.0 Å². The number of ether oxygens (including phenoxy) is 1. The van der Waals surface area contributed by atoms with E-state index < -0.39 is 5.97 Å². The molecule has 3 N–H and O–H groups in total. The number of esters is 1. The SMILES string of the molecule is COC(=O)c1cccc(Nc2nc3nc4c(cnn24)CCCCC(=O)Nc2cccc(c2)N3)c1. The number of anilines is 5. The van der Waals surface area contributed by atoms with E-state index in [0.717, 1.165) is 30.5 Å². The molecule has 5 rings (SSSR count). The van der Waals surface area contributed by atoms with Crippen LogP contribution in [-0.2, 0) is 16.0 Å². The van der Waals surface area contributed by atoms with Crippen molar-refractivity contribution in [2.45, 2.75) is 25.7 Å².